The Morgan fingerprint density at radius 2 is 1.85 bits per heavy atom. The predicted molar refractivity (Wildman–Crippen MR) is 85.5 cm³/mol. The fourth-order valence-corrected chi connectivity index (χ4v) is 3.89. The molecule has 0 saturated carbocycles. The molecule has 2 aromatic rings. The first-order chi connectivity index (χ1) is 10.4. The molecule has 1 aromatic heterocycles. The summed E-state index contributed by atoms with van der Waals surface area (Å²) in [5, 5.41) is 0.925. The van der Waals surface area contributed by atoms with E-state index in [1.807, 2.05) is 24.6 Å². The number of hydrogen-bond donors (Lipinski definition) is 0. The Bertz CT molecular complexity index is 749. The molecule has 1 nitrogen and oxygen atoms in total. The van der Waals surface area contributed by atoms with Gasteiger partial charge in [-0.05, 0) is 42.7 Å². The van der Waals surface area contributed by atoms with Crippen molar-refractivity contribution in [3.63, 3.8) is 0 Å². The van der Waals surface area contributed by atoms with Crippen LogP contribution >= 0.6 is 0 Å². The van der Waals surface area contributed by atoms with Crippen LogP contribution in [0.3, 0.4) is 0 Å². The summed E-state index contributed by atoms with van der Waals surface area (Å²) < 4.78 is 38.7. The van der Waals surface area contributed by atoms with Gasteiger partial charge in [0.1, 0.15) is 12.9 Å². The van der Waals surface area contributed by atoms with Gasteiger partial charge in [-0.2, -0.15) is 0 Å². The fraction of sp³-hybridized carbons (Fsp3) is 0.353. The monoisotopic (exact) mass is 291 g/mol. The molecule has 0 amide bonds. The number of nitrogens with zero attached hydrogens (tertiary/aromatic N) is 1. The summed E-state index contributed by atoms with van der Waals surface area (Å²) in [6.07, 6.45) is 1.71. The van der Waals surface area contributed by atoms with Crippen molar-refractivity contribution in [2.45, 2.75) is 33.4 Å². The summed E-state index contributed by atoms with van der Waals surface area (Å²) in [4.78, 5) is 0. The molecule has 0 N–H and O–H groups in total. The molecule has 2 rings (SSSR count). The zero-order chi connectivity index (χ0) is 17.6. The SMILES string of the molecule is [2H]C([2H])([2H])c1c[n+](C)c(-c2ccc(F)cc2C)cc1[Si](C)(C)C. The largest absolute Gasteiger partial charge is 0.212 e. The average molecular weight is 291 g/mol. The van der Waals surface area contributed by atoms with E-state index in [1.165, 1.54) is 12.1 Å². The molecular weight excluding hydrogens is 265 g/mol. The van der Waals surface area contributed by atoms with Crippen LogP contribution in [0.15, 0.2) is 30.5 Å². The molecule has 1 heterocycles. The third kappa shape index (κ3) is 2.83. The van der Waals surface area contributed by atoms with Gasteiger partial charge in [0.15, 0.2) is 6.20 Å². The van der Waals surface area contributed by atoms with Gasteiger partial charge in [0, 0.05) is 21.3 Å². The summed E-state index contributed by atoms with van der Waals surface area (Å²) in [5.41, 5.74) is 3.09. The standard InChI is InChI=1S/C17H23FNSi/c1-12-9-14(18)7-8-15(12)16-10-17(20(4,5)6)13(2)11-19(16)3/h7-11H,1-6H3/q+1/i2D3. The highest BCUT2D eigenvalue weighted by Gasteiger charge is 2.24. The number of benzene rings is 1. The normalized spacial score (nSPS) is 14.6. The zero-order valence-electron chi connectivity index (χ0n) is 15.7. The summed E-state index contributed by atoms with van der Waals surface area (Å²) >= 11 is 0. The van der Waals surface area contributed by atoms with E-state index in [1.54, 1.807) is 12.3 Å². The minimum Gasteiger partial charge on any atom is -0.207 e. The van der Waals surface area contributed by atoms with E-state index in [-0.39, 0.29) is 5.82 Å². The van der Waals surface area contributed by atoms with E-state index in [9.17, 15) is 4.39 Å². The maximum Gasteiger partial charge on any atom is 0.212 e. The van der Waals surface area contributed by atoms with Gasteiger partial charge in [-0.1, -0.05) is 19.6 Å². The molecule has 0 atom stereocenters. The van der Waals surface area contributed by atoms with Crippen molar-refractivity contribution in [2.75, 3.05) is 0 Å². The Labute approximate surface area is 126 Å². The molecule has 0 unspecified atom stereocenters. The maximum absolute atomic E-state index is 13.4. The molecule has 0 radical (unpaired) electrons. The summed E-state index contributed by atoms with van der Waals surface area (Å²) in [6.45, 7) is 6.14. The van der Waals surface area contributed by atoms with Crippen molar-refractivity contribution in [1.29, 1.82) is 0 Å². The molecule has 1 aromatic carbocycles. The van der Waals surface area contributed by atoms with Crippen LogP contribution < -0.4 is 9.75 Å². The molecule has 0 bridgehead atoms. The summed E-state index contributed by atoms with van der Waals surface area (Å²) in [5.74, 6) is -0.265. The van der Waals surface area contributed by atoms with E-state index >= 15 is 0 Å². The van der Waals surface area contributed by atoms with Gasteiger partial charge in [0.05, 0.1) is 8.07 Å². The van der Waals surface area contributed by atoms with Crippen molar-refractivity contribution in [1.82, 2.24) is 0 Å². The van der Waals surface area contributed by atoms with Crippen molar-refractivity contribution in [2.24, 2.45) is 7.05 Å². The number of aryl methyl sites for hydroxylation is 3. The predicted octanol–water partition coefficient (Wildman–Crippen LogP) is 3.48. The third-order valence-electron chi connectivity index (χ3n) is 3.55. The highest BCUT2D eigenvalue weighted by molar-refractivity contribution is 6.89. The highest BCUT2D eigenvalue weighted by Crippen LogP contribution is 2.21. The molecule has 3 heteroatoms. The van der Waals surface area contributed by atoms with Gasteiger partial charge >= 0.3 is 0 Å². The van der Waals surface area contributed by atoms with Crippen LogP contribution in [-0.4, -0.2) is 8.07 Å². The first kappa shape index (κ1) is 11.2. The van der Waals surface area contributed by atoms with Gasteiger partial charge in [-0.3, -0.25) is 0 Å². The number of aromatic nitrogens is 1. The zero-order valence-corrected chi connectivity index (χ0v) is 13.7. The number of halogens is 1. The molecule has 0 aliphatic carbocycles. The van der Waals surface area contributed by atoms with E-state index in [0.29, 0.717) is 5.56 Å². The highest BCUT2D eigenvalue weighted by atomic mass is 28.3. The Balaban J connectivity index is 2.77. The second kappa shape index (κ2) is 5.13. The topological polar surface area (TPSA) is 3.88 Å². The molecule has 0 saturated heterocycles. The van der Waals surface area contributed by atoms with Gasteiger partial charge in [0.25, 0.3) is 0 Å². The van der Waals surface area contributed by atoms with E-state index in [0.717, 1.165) is 22.0 Å². The first-order valence-corrected chi connectivity index (χ1v) is 10.2. The lowest BCUT2D eigenvalue weighted by Crippen LogP contribution is -2.44. The average Bonchev–Trinajstić information content (AvgIpc) is 2.36. The van der Waals surface area contributed by atoms with Gasteiger partial charge in [0.2, 0.25) is 5.69 Å². The first-order valence-electron chi connectivity index (χ1n) is 8.22. The molecule has 20 heavy (non-hydrogen) atoms. The minimum atomic E-state index is -2.14. The summed E-state index contributed by atoms with van der Waals surface area (Å²) in [6, 6.07) is 6.67. The number of rotatable bonds is 2. The van der Waals surface area contributed by atoms with Crippen molar-refractivity contribution in [3.8, 4) is 11.3 Å². The Hall–Kier alpha value is -1.48. The number of hydrogen-bond acceptors (Lipinski definition) is 0. The lowest BCUT2D eigenvalue weighted by molar-refractivity contribution is -0.660. The Morgan fingerprint density at radius 3 is 2.40 bits per heavy atom. The smallest absolute Gasteiger partial charge is 0.207 e. The summed E-state index contributed by atoms with van der Waals surface area (Å²) in [7, 11) is -0.0159. The minimum absolute atomic E-state index is 0.265. The van der Waals surface area contributed by atoms with E-state index in [2.05, 4.69) is 19.6 Å². The molecule has 0 aliphatic rings. The van der Waals surface area contributed by atoms with Crippen molar-refractivity contribution >= 4 is 13.3 Å². The fourth-order valence-electron chi connectivity index (χ4n) is 2.45. The maximum atomic E-state index is 13.4. The van der Waals surface area contributed by atoms with Gasteiger partial charge in [-0.25, -0.2) is 8.96 Å². The quantitative estimate of drug-likeness (QED) is 0.589. The van der Waals surface area contributed by atoms with Crippen molar-refractivity contribution < 1.29 is 13.1 Å². The number of pyridine rings is 1. The van der Waals surface area contributed by atoms with Crippen LogP contribution in [0.1, 0.15) is 15.2 Å². The van der Waals surface area contributed by atoms with Crippen LogP contribution in [0.2, 0.25) is 19.6 Å². The Morgan fingerprint density at radius 1 is 1.15 bits per heavy atom. The Kier molecular flexibility index (Phi) is 2.88. The van der Waals surface area contributed by atoms with Crippen molar-refractivity contribution in [3.05, 3.63) is 47.4 Å². The third-order valence-corrected chi connectivity index (χ3v) is 5.58. The van der Waals surface area contributed by atoms with Crippen LogP contribution in [0, 0.1) is 19.6 Å². The van der Waals surface area contributed by atoms with Crippen LogP contribution in [0.25, 0.3) is 11.3 Å². The van der Waals surface area contributed by atoms with Gasteiger partial charge in [-0.15, -0.1) is 0 Å². The van der Waals surface area contributed by atoms with Gasteiger partial charge < -0.3 is 0 Å². The van der Waals surface area contributed by atoms with Crippen LogP contribution in [0.4, 0.5) is 4.39 Å². The molecule has 0 spiro atoms. The molecule has 0 aliphatic heterocycles. The second-order valence-electron chi connectivity index (χ2n) is 6.31. The second-order valence-corrected chi connectivity index (χ2v) is 11.3. The van der Waals surface area contributed by atoms with Crippen LogP contribution in [-0.2, 0) is 7.05 Å². The lowest BCUT2D eigenvalue weighted by Gasteiger charge is -2.19. The van der Waals surface area contributed by atoms with E-state index in [4.69, 9.17) is 4.11 Å². The molecular formula is C17H23FNSi+. The van der Waals surface area contributed by atoms with Crippen LogP contribution in [0.5, 0.6) is 0 Å². The van der Waals surface area contributed by atoms with E-state index < -0.39 is 14.9 Å². The molecule has 106 valence electrons. The molecule has 0 fully saturated rings. The lowest BCUT2D eigenvalue weighted by atomic mass is 10.0.